The van der Waals surface area contributed by atoms with Gasteiger partial charge in [0.25, 0.3) is 0 Å². The molecule has 0 aliphatic carbocycles. The van der Waals surface area contributed by atoms with Crippen LogP contribution in [0.5, 0.6) is 0 Å². The molecule has 0 spiro atoms. The number of oxazole rings is 1. The van der Waals surface area contributed by atoms with E-state index in [-0.39, 0.29) is 5.69 Å². The molecule has 1 aromatic heterocycles. The van der Waals surface area contributed by atoms with E-state index in [0.717, 1.165) is 11.1 Å². The van der Waals surface area contributed by atoms with Gasteiger partial charge in [0.2, 0.25) is 17.5 Å². The van der Waals surface area contributed by atoms with Gasteiger partial charge in [-0.25, -0.2) is 0 Å². The van der Waals surface area contributed by atoms with Crippen LogP contribution in [-0.4, -0.2) is 12.0 Å². The van der Waals surface area contributed by atoms with Crippen molar-refractivity contribution < 1.29 is 4.42 Å². The quantitative estimate of drug-likeness (QED) is 0.709. The smallest absolute Gasteiger partial charge is 0.235 e. The standard InChI is InChI=1S/C18H14ClN3O/c1-22(12-13-6-3-2-4-7-13)18-16(11-20)21-17(23-18)14-8-5-9-15(19)10-14/h2-10H,12H2,1H3. The lowest BCUT2D eigenvalue weighted by molar-refractivity contribution is 0.561. The summed E-state index contributed by atoms with van der Waals surface area (Å²) < 4.78 is 5.81. The predicted molar refractivity (Wildman–Crippen MR) is 90.2 cm³/mol. The van der Waals surface area contributed by atoms with E-state index in [0.29, 0.717) is 23.3 Å². The Balaban J connectivity index is 1.92. The molecular weight excluding hydrogens is 310 g/mol. The van der Waals surface area contributed by atoms with E-state index in [2.05, 4.69) is 11.1 Å². The first-order chi connectivity index (χ1) is 11.2. The third kappa shape index (κ3) is 3.36. The Morgan fingerprint density at radius 3 is 2.65 bits per heavy atom. The van der Waals surface area contributed by atoms with Gasteiger partial charge in [0.05, 0.1) is 0 Å². The van der Waals surface area contributed by atoms with Crippen molar-refractivity contribution in [1.82, 2.24) is 4.98 Å². The van der Waals surface area contributed by atoms with Crippen LogP contribution < -0.4 is 4.90 Å². The van der Waals surface area contributed by atoms with Crippen LogP contribution in [-0.2, 0) is 6.54 Å². The summed E-state index contributed by atoms with van der Waals surface area (Å²) in [4.78, 5) is 6.14. The minimum Gasteiger partial charge on any atom is -0.419 e. The summed E-state index contributed by atoms with van der Waals surface area (Å²) in [5.74, 6) is 0.838. The van der Waals surface area contributed by atoms with Gasteiger partial charge < -0.3 is 9.32 Å². The lowest BCUT2D eigenvalue weighted by Gasteiger charge is -2.15. The van der Waals surface area contributed by atoms with Gasteiger partial charge in [-0.1, -0.05) is 48.0 Å². The van der Waals surface area contributed by atoms with E-state index < -0.39 is 0 Å². The Morgan fingerprint density at radius 2 is 1.96 bits per heavy atom. The average Bonchev–Trinajstić information content (AvgIpc) is 3.00. The van der Waals surface area contributed by atoms with Gasteiger partial charge in [-0.3, -0.25) is 0 Å². The number of hydrogen-bond donors (Lipinski definition) is 0. The van der Waals surface area contributed by atoms with Crippen LogP contribution >= 0.6 is 11.6 Å². The van der Waals surface area contributed by atoms with Gasteiger partial charge >= 0.3 is 0 Å². The monoisotopic (exact) mass is 323 g/mol. The first-order valence-corrected chi connectivity index (χ1v) is 7.47. The summed E-state index contributed by atoms with van der Waals surface area (Å²) in [6.07, 6.45) is 0. The third-order valence-electron chi connectivity index (χ3n) is 3.40. The maximum Gasteiger partial charge on any atom is 0.235 e. The second-order valence-electron chi connectivity index (χ2n) is 5.14. The summed E-state index contributed by atoms with van der Waals surface area (Å²) in [6, 6.07) is 19.3. The second-order valence-corrected chi connectivity index (χ2v) is 5.57. The topological polar surface area (TPSA) is 53.1 Å². The highest BCUT2D eigenvalue weighted by Crippen LogP contribution is 2.29. The Labute approximate surface area is 139 Å². The van der Waals surface area contributed by atoms with E-state index in [4.69, 9.17) is 16.0 Å². The van der Waals surface area contributed by atoms with Gasteiger partial charge in [-0.05, 0) is 23.8 Å². The lowest BCUT2D eigenvalue weighted by Crippen LogP contribution is -2.16. The van der Waals surface area contributed by atoms with Gasteiger partial charge in [-0.2, -0.15) is 10.2 Å². The molecule has 114 valence electrons. The molecule has 4 nitrogen and oxygen atoms in total. The SMILES string of the molecule is CN(Cc1ccccc1)c1oc(-c2cccc(Cl)c2)nc1C#N. The molecule has 0 N–H and O–H groups in total. The van der Waals surface area contributed by atoms with Crippen molar-refractivity contribution in [1.29, 1.82) is 5.26 Å². The number of benzene rings is 2. The van der Waals surface area contributed by atoms with Crippen LogP contribution in [0.25, 0.3) is 11.5 Å². The van der Waals surface area contributed by atoms with Crippen LogP contribution in [0.4, 0.5) is 5.88 Å². The zero-order chi connectivity index (χ0) is 16.2. The second kappa shape index (κ2) is 6.55. The molecule has 0 atom stereocenters. The predicted octanol–water partition coefficient (Wildman–Crippen LogP) is 4.50. The Morgan fingerprint density at radius 1 is 1.17 bits per heavy atom. The van der Waals surface area contributed by atoms with Crippen LogP contribution in [0.15, 0.2) is 59.0 Å². The first-order valence-electron chi connectivity index (χ1n) is 7.09. The molecule has 0 fully saturated rings. The van der Waals surface area contributed by atoms with E-state index in [1.165, 1.54) is 0 Å². The van der Waals surface area contributed by atoms with Crippen LogP contribution in [0.2, 0.25) is 5.02 Å². The number of nitrogens with zero attached hydrogens (tertiary/aromatic N) is 3. The van der Waals surface area contributed by atoms with Crippen molar-refractivity contribution in [2.75, 3.05) is 11.9 Å². The zero-order valence-electron chi connectivity index (χ0n) is 12.5. The van der Waals surface area contributed by atoms with Crippen LogP contribution in [0.3, 0.4) is 0 Å². The Hall–Kier alpha value is -2.77. The van der Waals surface area contributed by atoms with Gasteiger partial charge in [-0.15, -0.1) is 0 Å². The molecule has 0 saturated heterocycles. The number of aromatic nitrogens is 1. The molecule has 0 amide bonds. The summed E-state index contributed by atoms with van der Waals surface area (Å²) in [6.45, 7) is 0.625. The van der Waals surface area contributed by atoms with Gasteiger partial charge in [0, 0.05) is 24.2 Å². The third-order valence-corrected chi connectivity index (χ3v) is 3.63. The van der Waals surface area contributed by atoms with Crippen LogP contribution in [0, 0.1) is 11.3 Å². The van der Waals surface area contributed by atoms with Gasteiger partial charge in [0.15, 0.2) is 0 Å². The van der Waals surface area contributed by atoms with Crippen molar-refractivity contribution >= 4 is 17.5 Å². The fraction of sp³-hybridized carbons (Fsp3) is 0.111. The molecule has 0 aliphatic heterocycles. The molecule has 2 aromatic carbocycles. The van der Waals surface area contributed by atoms with Crippen molar-refractivity contribution in [3.8, 4) is 17.5 Å². The molecular formula is C18H14ClN3O. The minimum atomic E-state index is 0.262. The Kier molecular flexibility index (Phi) is 4.31. The normalized spacial score (nSPS) is 10.3. The first kappa shape index (κ1) is 15.1. The number of halogens is 1. The molecule has 23 heavy (non-hydrogen) atoms. The zero-order valence-corrected chi connectivity index (χ0v) is 13.3. The summed E-state index contributed by atoms with van der Waals surface area (Å²) in [5, 5.41) is 9.92. The fourth-order valence-corrected chi connectivity index (χ4v) is 2.51. The molecule has 0 bridgehead atoms. The molecule has 0 radical (unpaired) electrons. The molecule has 5 heteroatoms. The number of anilines is 1. The average molecular weight is 324 g/mol. The number of rotatable bonds is 4. The highest BCUT2D eigenvalue weighted by atomic mass is 35.5. The molecule has 1 heterocycles. The Bertz CT molecular complexity index is 852. The fourth-order valence-electron chi connectivity index (χ4n) is 2.32. The summed E-state index contributed by atoms with van der Waals surface area (Å²) in [7, 11) is 1.87. The molecule has 0 saturated carbocycles. The molecule has 3 rings (SSSR count). The van der Waals surface area contributed by atoms with Crippen LogP contribution in [0.1, 0.15) is 11.3 Å². The lowest BCUT2D eigenvalue weighted by atomic mass is 10.2. The van der Waals surface area contributed by atoms with E-state index in [1.54, 1.807) is 12.1 Å². The highest BCUT2D eigenvalue weighted by molar-refractivity contribution is 6.30. The maximum absolute atomic E-state index is 9.32. The summed E-state index contributed by atoms with van der Waals surface area (Å²) in [5.41, 5.74) is 2.13. The van der Waals surface area contributed by atoms with Crippen molar-refractivity contribution in [3.05, 3.63) is 70.9 Å². The van der Waals surface area contributed by atoms with E-state index >= 15 is 0 Å². The van der Waals surface area contributed by atoms with Crippen molar-refractivity contribution in [2.24, 2.45) is 0 Å². The largest absolute Gasteiger partial charge is 0.419 e. The van der Waals surface area contributed by atoms with Crippen molar-refractivity contribution in [3.63, 3.8) is 0 Å². The molecule has 0 aliphatic rings. The molecule has 3 aromatic rings. The number of hydrogen-bond acceptors (Lipinski definition) is 4. The van der Waals surface area contributed by atoms with E-state index in [1.807, 2.05) is 54.4 Å². The highest BCUT2D eigenvalue weighted by Gasteiger charge is 2.18. The van der Waals surface area contributed by atoms with Gasteiger partial charge in [0.1, 0.15) is 6.07 Å². The minimum absolute atomic E-state index is 0.262. The van der Waals surface area contributed by atoms with Crippen molar-refractivity contribution in [2.45, 2.75) is 6.54 Å². The number of nitriles is 1. The summed E-state index contributed by atoms with van der Waals surface area (Å²) >= 11 is 6.00. The van der Waals surface area contributed by atoms with E-state index in [9.17, 15) is 5.26 Å². The maximum atomic E-state index is 9.32. The molecule has 0 unspecified atom stereocenters.